The molecule has 2 aromatic carbocycles. The number of aromatic nitrogens is 1. The van der Waals surface area contributed by atoms with Crippen LogP contribution >= 0.6 is 0 Å². The predicted octanol–water partition coefficient (Wildman–Crippen LogP) is 2.88. The topological polar surface area (TPSA) is 97.8 Å². The molecule has 1 aromatic heterocycles. The number of methoxy groups -OCH3 is 1. The summed E-state index contributed by atoms with van der Waals surface area (Å²) >= 11 is 0. The highest BCUT2D eigenvalue weighted by Gasteiger charge is 2.29. The minimum atomic E-state index is -1.35. The van der Waals surface area contributed by atoms with Crippen LogP contribution in [-0.4, -0.2) is 42.4 Å². The Morgan fingerprint density at radius 2 is 2.06 bits per heavy atom. The van der Waals surface area contributed by atoms with Crippen molar-refractivity contribution in [3.63, 3.8) is 0 Å². The summed E-state index contributed by atoms with van der Waals surface area (Å²) in [4.78, 5) is 26.5. The molecule has 1 aliphatic rings. The standard InChI is InChI=1S/C24H26FN3O4/c1-32-23-20-17(11-19(25)21(23)27-10-8-16(12-26)13-27)22(29)18(24(30)31)14-28(20)9-7-15-5-3-2-4-6-15/h2-6,11,14,16H,7-10,12-13,26H2,1H3,(H,30,31)/t16-/m0/s1. The van der Waals surface area contributed by atoms with Gasteiger partial charge in [0.1, 0.15) is 11.3 Å². The number of halogens is 1. The molecule has 7 nitrogen and oxygen atoms in total. The van der Waals surface area contributed by atoms with Crippen molar-refractivity contribution in [1.29, 1.82) is 0 Å². The number of rotatable bonds is 7. The summed E-state index contributed by atoms with van der Waals surface area (Å²) < 4.78 is 22.6. The van der Waals surface area contributed by atoms with Gasteiger partial charge in [-0.1, -0.05) is 30.3 Å². The van der Waals surface area contributed by atoms with Crippen molar-refractivity contribution < 1.29 is 19.0 Å². The molecule has 0 bridgehead atoms. The summed E-state index contributed by atoms with van der Waals surface area (Å²) in [5.41, 5.74) is 6.41. The highest BCUT2D eigenvalue weighted by Crippen LogP contribution is 2.40. The first-order chi connectivity index (χ1) is 15.4. The van der Waals surface area contributed by atoms with Gasteiger partial charge in [0.15, 0.2) is 11.6 Å². The first-order valence-corrected chi connectivity index (χ1v) is 10.6. The van der Waals surface area contributed by atoms with Gasteiger partial charge >= 0.3 is 5.97 Å². The van der Waals surface area contributed by atoms with E-state index in [2.05, 4.69) is 0 Å². The molecule has 0 radical (unpaired) electrons. The third-order valence-corrected chi connectivity index (χ3v) is 6.10. The highest BCUT2D eigenvalue weighted by atomic mass is 19.1. The zero-order chi connectivity index (χ0) is 22.8. The lowest BCUT2D eigenvalue weighted by Gasteiger charge is -2.24. The molecule has 32 heavy (non-hydrogen) atoms. The number of nitrogens with zero attached hydrogens (tertiary/aromatic N) is 2. The number of carbonyl (C=O) groups is 1. The van der Waals surface area contributed by atoms with Crippen LogP contribution < -0.4 is 20.8 Å². The van der Waals surface area contributed by atoms with Crippen LogP contribution in [0.4, 0.5) is 10.1 Å². The average Bonchev–Trinajstić information content (AvgIpc) is 3.27. The maximum Gasteiger partial charge on any atom is 0.341 e. The maximum atomic E-state index is 15.3. The summed E-state index contributed by atoms with van der Waals surface area (Å²) in [6.45, 7) is 2.13. The van der Waals surface area contributed by atoms with Gasteiger partial charge in [-0.15, -0.1) is 0 Å². The number of hydrogen-bond acceptors (Lipinski definition) is 5. The van der Waals surface area contributed by atoms with Gasteiger partial charge in [-0.3, -0.25) is 4.79 Å². The summed E-state index contributed by atoms with van der Waals surface area (Å²) in [5.74, 6) is -1.47. The summed E-state index contributed by atoms with van der Waals surface area (Å²) in [7, 11) is 1.44. The number of anilines is 1. The van der Waals surface area contributed by atoms with Gasteiger partial charge in [-0.2, -0.15) is 0 Å². The fourth-order valence-electron chi connectivity index (χ4n) is 4.43. The van der Waals surface area contributed by atoms with Crippen molar-refractivity contribution in [3.05, 3.63) is 69.8 Å². The van der Waals surface area contributed by atoms with Crippen molar-refractivity contribution in [2.45, 2.75) is 19.4 Å². The number of pyridine rings is 1. The van der Waals surface area contributed by atoms with Gasteiger partial charge < -0.3 is 25.0 Å². The lowest BCUT2D eigenvalue weighted by atomic mass is 10.1. The summed E-state index contributed by atoms with van der Waals surface area (Å²) in [6, 6.07) is 10.9. The van der Waals surface area contributed by atoms with Gasteiger partial charge in [0.05, 0.1) is 18.0 Å². The molecule has 1 atom stereocenters. The molecule has 3 aromatic rings. The monoisotopic (exact) mass is 439 g/mol. The molecule has 0 unspecified atom stereocenters. The Balaban J connectivity index is 1.91. The van der Waals surface area contributed by atoms with Crippen molar-refractivity contribution >= 4 is 22.6 Å². The van der Waals surface area contributed by atoms with E-state index in [0.717, 1.165) is 18.1 Å². The number of carboxylic acids is 1. The largest absolute Gasteiger partial charge is 0.492 e. The molecule has 1 saturated heterocycles. The first kappa shape index (κ1) is 21.8. The number of aromatic carboxylic acids is 1. The fourth-order valence-corrected chi connectivity index (χ4v) is 4.43. The van der Waals surface area contributed by atoms with Crippen molar-refractivity contribution in [1.82, 2.24) is 4.57 Å². The van der Waals surface area contributed by atoms with E-state index in [0.29, 0.717) is 38.1 Å². The molecule has 8 heteroatoms. The van der Waals surface area contributed by atoms with Gasteiger partial charge in [-0.05, 0) is 36.9 Å². The van der Waals surface area contributed by atoms with E-state index >= 15 is 4.39 Å². The van der Waals surface area contributed by atoms with Crippen molar-refractivity contribution in [2.75, 3.05) is 31.6 Å². The van der Waals surface area contributed by atoms with Gasteiger partial charge in [-0.25, -0.2) is 9.18 Å². The van der Waals surface area contributed by atoms with Gasteiger partial charge in [0.25, 0.3) is 0 Å². The lowest BCUT2D eigenvalue weighted by molar-refractivity contribution is 0.0694. The van der Waals surface area contributed by atoms with E-state index in [4.69, 9.17) is 10.5 Å². The molecule has 0 spiro atoms. The quantitative estimate of drug-likeness (QED) is 0.588. The van der Waals surface area contributed by atoms with Crippen LogP contribution in [0.3, 0.4) is 0 Å². The molecule has 0 aliphatic carbocycles. The Bertz CT molecular complexity index is 1210. The highest BCUT2D eigenvalue weighted by molar-refractivity contribution is 5.97. The van der Waals surface area contributed by atoms with Gasteiger partial charge in [0, 0.05) is 25.8 Å². The van der Waals surface area contributed by atoms with Crippen LogP contribution in [-0.2, 0) is 13.0 Å². The Hall–Kier alpha value is -3.39. The third kappa shape index (κ3) is 3.93. The first-order valence-electron chi connectivity index (χ1n) is 10.6. The minimum absolute atomic E-state index is 0.00867. The molecule has 0 amide bonds. The molecule has 2 heterocycles. The zero-order valence-electron chi connectivity index (χ0n) is 17.9. The number of fused-ring (bicyclic) bond motifs is 1. The molecule has 4 rings (SSSR count). The number of aryl methyl sites for hydroxylation is 2. The second-order valence-electron chi connectivity index (χ2n) is 8.08. The molecule has 3 N–H and O–H groups in total. The lowest BCUT2D eigenvalue weighted by Crippen LogP contribution is -2.25. The van der Waals surface area contributed by atoms with E-state index in [9.17, 15) is 14.7 Å². The van der Waals surface area contributed by atoms with E-state index in [1.54, 1.807) is 4.57 Å². The van der Waals surface area contributed by atoms with Crippen LogP contribution in [0.15, 0.2) is 47.4 Å². The Morgan fingerprint density at radius 1 is 1.31 bits per heavy atom. The van der Waals surface area contributed by atoms with Crippen LogP contribution in [0, 0.1) is 11.7 Å². The second kappa shape index (κ2) is 9.00. The number of hydrogen-bond donors (Lipinski definition) is 2. The second-order valence-corrected chi connectivity index (χ2v) is 8.08. The zero-order valence-corrected chi connectivity index (χ0v) is 17.9. The Kier molecular flexibility index (Phi) is 6.14. The summed E-state index contributed by atoms with van der Waals surface area (Å²) in [6.07, 6.45) is 2.77. The molecule has 1 fully saturated rings. The third-order valence-electron chi connectivity index (χ3n) is 6.10. The fraction of sp³-hybridized carbons (Fsp3) is 0.333. The summed E-state index contributed by atoms with van der Waals surface area (Å²) in [5, 5.41) is 9.55. The Labute approximate surface area is 184 Å². The molecule has 168 valence electrons. The maximum absolute atomic E-state index is 15.3. The van der Waals surface area contributed by atoms with Crippen LogP contribution in [0.1, 0.15) is 22.3 Å². The number of nitrogens with two attached hydrogens (primary N) is 1. The molecular weight excluding hydrogens is 413 g/mol. The normalized spacial score (nSPS) is 16.0. The van der Waals surface area contributed by atoms with E-state index in [1.807, 2.05) is 35.2 Å². The smallest absolute Gasteiger partial charge is 0.341 e. The minimum Gasteiger partial charge on any atom is -0.492 e. The Morgan fingerprint density at radius 3 is 2.69 bits per heavy atom. The molecular formula is C24H26FN3O4. The van der Waals surface area contributed by atoms with E-state index < -0.39 is 22.8 Å². The number of carboxylic acid groups (broad SMARTS) is 1. The van der Waals surface area contributed by atoms with Crippen LogP contribution in [0.5, 0.6) is 5.75 Å². The van der Waals surface area contributed by atoms with Gasteiger partial charge in [0.2, 0.25) is 5.43 Å². The number of benzene rings is 2. The number of ether oxygens (including phenoxy) is 1. The van der Waals surface area contributed by atoms with Crippen molar-refractivity contribution in [3.8, 4) is 5.75 Å². The van der Waals surface area contributed by atoms with E-state index in [1.165, 1.54) is 13.3 Å². The van der Waals surface area contributed by atoms with Crippen molar-refractivity contribution in [2.24, 2.45) is 11.7 Å². The van der Waals surface area contributed by atoms with E-state index in [-0.39, 0.29) is 22.7 Å². The molecule has 1 aliphatic heterocycles. The molecule has 0 saturated carbocycles. The van der Waals surface area contributed by atoms with Crippen LogP contribution in [0.25, 0.3) is 10.9 Å². The average molecular weight is 439 g/mol. The van der Waals surface area contributed by atoms with Crippen LogP contribution in [0.2, 0.25) is 0 Å². The SMILES string of the molecule is COc1c(N2CC[C@@H](CN)C2)c(F)cc2c(=O)c(C(=O)O)cn(CCc3ccccc3)c12. The predicted molar refractivity (Wildman–Crippen MR) is 121 cm³/mol.